The van der Waals surface area contributed by atoms with E-state index in [1.165, 1.54) is 0 Å². The summed E-state index contributed by atoms with van der Waals surface area (Å²) in [6, 6.07) is 15.6. The van der Waals surface area contributed by atoms with Crippen molar-refractivity contribution in [1.82, 2.24) is 9.97 Å². The Labute approximate surface area is 117 Å². The Balaban J connectivity index is 1.83. The van der Waals surface area contributed by atoms with Gasteiger partial charge in [-0.1, -0.05) is 24.3 Å². The molecule has 4 heteroatoms. The van der Waals surface area contributed by atoms with Crippen molar-refractivity contribution >= 4 is 10.9 Å². The minimum Gasteiger partial charge on any atom is -0.485 e. The van der Waals surface area contributed by atoms with Gasteiger partial charge in [-0.2, -0.15) is 0 Å². The number of nitrogens with two attached hydrogens (primary N) is 1. The molecule has 3 rings (SSSR count). The highest BCUT2D eigenvalue weighted by Gasteiger charge is 2.04. The molecular formula is C16H15N3O. The second-order valence-corrected chi connectivity index (χ2v) is 4.44. The average molecular weight is 265 g/mol. The molecule has 0 bridgehead atoms. The molecule has 20 heavy (non-hydrogen) atoms. The minimum absolute atomic E-state index is 0.406. The Morgan fingerprint density at radius 2 is 1.75 bits per heavy atom. The number of hydrogen-bond acceptors (Lipinski definition) is 4. The van der Waals surface area contributed by atoms with Crippen LogP contribution in [-0.2, 0) is 13.2 Å². The van der Waals surface area contributed by atoms with E-state index in [4.69, 9.17) is 10.5 Å². The lowest BCUT2D eigenvalue weighted by molar-refractivity contribution is 0.304. The molecule has 0 amide bonds. The van der Waals surface area contributed by atoms with E-state index in [1.807, 2.05) is 48.5 Å². The first-order chi connectivity index (χ1) is 9.86. The van der Waals surface area contributed by atoms with E-state index in [9.17, 15) is 0 Å². The number of fused-ring (bicyclic) bond motifs is 1. The third kappa shape index (κ3) is 2.60. The number of rotatable bonds is 4. The summed E-state index contributed by atoms with van der Waals surface area (Å²) >= 11 is 0. The van der Waals surface area contributed by atoms with E-state index in [0.29, 0.717) is 13.2 Å². The Morgan fingerprint density at radius 1 is 0.950 bits per heavy atom. The predicted molar refractivity (Wildman–Crippen MR) is 78.2 cm³/mol. The molecule has 0 fully saturated rings. The van der Waals surface area contributed by atoms with Gasteiger partial charge in [-0.3, -0.25) is 9.97 Å². The number of ether oxygens (including phenoxy) is 1. The monoisotopic (exact) mass is 265 g/mol. The van der Waals surface area contributed by atoms with Gasteiger partial charge in [-0.25, -0.2) is 0 Å². The topological polar surface area (TPSA) is 61.0 Å². The first-order valence-electron chi connectivity index (χ1n) is 6.48. The van der Waals surface area contributed by atoms with Crippen LogP contribution in [0, 0.1) is 0 Å². The molecule has 0 saturated carbocycles. The molecule has 0 radical (unpaired) electrons. The maximum absolute atomic E-state index is 5.84. The second-order valence-electron chi connectivity index (χ2n) is 4.44. The molecular weight excluding hydrogens is 250 g/mol. The molecule has 2 aromatic heterocycles. The van der Waals surface area contributed by atoms with Gasteiger partial charge in [0, 0.05) is 18.1 Å². The van der Waals surface area contributed by atoms with Crippen LogP contribution in [0.25, 0.3) is 10.9 Å². The lowest BCUT2D eigenvalue weighted by atomic mass is 10.2. The molecule has 0 unspecified atom stereocenters. The van der Waals surface area contributed by atoms with Crippen LogP contribution in [0.5, 0.6) is 5.75 Å². The van der Waals surface area contributed by atoms with Crippen molar-refractivity contribution in [1.29, 1.82) is 0 Å². The highest BCUT2D eigenvalue weighted by Crippen LogP contribution is 2.23. The predicted octanol–water partition coefficient (Wildman–Crippen LogP) is 2.67. The van der Waals surface area contributed by atoms with Gasteiger partial charge in [0.2, 0.25) is 0 Å². The Hall–Kier alpha value is -2.46. The Bertz CT molecular complexity index is 722. The molecule has 4 nitrogen and oxygen atoms in total. The largest absolute Gasteiger partial charge is 0.485 e. The summed E-state index contributed by atoms with van der Waals surface area (Å²) in [6.07, 6.45) is 1.77. The summed E-state index contributed by atoms with van der Waals surface area (Å²) in [5.41, 5.74) is 8.18. The molecule has 100 valence electrons. The van der Waals surface area contributed by atoms with Crippen molar-refractivity contribution in [2.75, 3.05) is 0 Å². The van der Waals surface area contributed by atoms with Gasteiger partial charge >= 0.3 is 0 Å². The SMILES string of the molecule is NCc1cccc(COc2cccc3cccnc23)n1. The van der Waals surface area contributed by atoms with E-state index in [0.717, 1.165) is 28.0 Å². The number of pyridine rings is 2. The zero-order chi connectivity index (χ0) is 13.8. The molecule has 1 aromatic carbocycles. The number of para-hydroxylation sites is 1. The lowest BCUT2D eigenvalue weighted by Gasteiger charge is -2.08. The van der Waals surface area contributed by atoms with Crippen molar-refractivity contribution in [2.45, 2.75) is 13.2 Å². The van der Waals surface area contributed by atoms with Gasteiger partial charge in [-0.15, -0.1) is 0 Å². The van der Waals surface area contributed by atoms with Crippen LogP contribution in [0.4, 0.5) is 0 Å². The van der Waals surface area contributed by atoms with E-state index < -0.39 is 0 Å². The fourth-order valence-corrected chi connectivity index (χ4v) is 2.07. The van der Waals surface area contributed by atoms with Crippen LogP contribution in [0.2, 0.25) is 0 Å². The maximum Gasteiger partial charge on any atom is 0.146 e. The molecule has 2 heterocycles. The minimum atomic E-state index is 0.406. The number of hydrogen-bond donors (Lipinski definition) is 1. The third-order valence-electron chi connectivity index (χ3n) is 3.04. The highest BCUT2D eigenvalue weighted by atomic mass is 16.5. The van der Waals surface area contributed by atoms with Crippen molar-refractivity contribution in [2.24, 2.45) is 5.73 Å². The van der Waals surface area contributed by atoms with Crippen LogP contribution >= 0.6 is 0 Å². The van der Waals surface area contributed by atoms with Gasteiger partial charge in [0.05, 0.1) is 11.4 Å². The Morgan fingerprint density at radius 3 is 2.65 bits per heavy atom. The number of aromatic nitrogens is 2. The fraction of sp³-hybridized carbons (Fsp3) is 0.125. The summed E-state index contributed by atoms with van der Waals surface area (Å²) in [7, 11) is 0. The van der Waals surface area contributed by atoms with Gasteiger partial charge in [-0.05, 0) is 24.3 Å². The molecule has 0 atom stereocenters. The molecule has 0 aliphatic heterocycles. The van der Waals surface area contributed by atoms with Gasteiger partial charge in [0.15, 0.2) is 0 Å². The van der Waals surface area contributed by atoms with E-state index in [-0.39, 0.29) is 0 Å². The summed E-state index contributed by atoms with van der Waals surface area (Å²) in [6.45, 7) is 0.840. The van der Waals surface area contributed by atoms with Crippen LogP contribution in [0.3, 0.4) is 0 Å². The fourth-order valence-electron chi connectivity index (χ4n) is 2.07. The average Bonchev–Trinajstić information content (AvgIpc) is 2.53. The highest BCUT2D eigenvalue weighted by molar-refractivity contribution is 5.84. The van der Waals surface area contributed by atoms with E-state index >= 15 is 0 Å². The molecule has 0 spiro atoms. The van der Waals surface area contributed by atoms with Crippen molar-refractivity contribution in [3.63, 3.8) is 0 Å². The lowest BCUT2D eigenvalue weighted by Crippen LogP contribution is -2.04. The van der Waals surface area contributed by atoms with Crippen LogP contribution in [0.1, 0.15) is 11.4 Å². The quantitative estimate of drug-likeness (QED) is 0.787. The van der Waals surface area contributed by atoms with Gasteiger partial charge in [0.1, 0.15) is 17.9 Å². The summed E-state index contributed by atoms with van der Waals surface area (Å²) in [5, 5.41) is 1.06. The van der Waals surface area contributed by atoms with Crippen LogP contribution in [-0.4, -0.2) is 9.97 Å². The van der Waals surface area contributed by atoms with Crippen LogP contribution in [0.15, 0.2) is 54.7 Å². The first kappa shape index (κ1) is 12.6. The number of benzene rings is 1. The number of nitrogens with zero attached hydrogens (tertiary/aromatic N) is 2. The molecule has 0 aliphatic carbocycles. The standard InChI is InChI=1S/C16H15N3O/c17-10-13-6-2-7-14(19-13)11-20-15-8-1-4-12-5-3-9-18-16(12)15/h1-9H,10-11,17H2. The second kappa shape index (κ2) is 5.67. The summed E-state index contributed by atoms with van der Waals surface area (Å²) in [4.78, 5) is 8.78. The molecule has 0 aliphatic rings. The molecule has 3 aromatic rings. The maximum atomic E-state index is 5.84. The summed E-state index contributed by atoms with van der Waals surface area (Å²) < 4.78 is 5.84. The first-order valence-corrected chi connectivity index (χ1v) is 6.48. The zero-order valence-corrected chi connectivity index (χ0v) is 11.0. The van der Waals surface area contributed by atoms with Gasteiger partial charge < -0.3 is 10.5 Å². The zero-order valence-electron chi connectivity index (χ0n) is 11.0. The molecule has 2 N–H and O–H groups in total. The van der Waals surface area contributed by atoms with Crippen molar-refractivity contribution < 1.29 is 4.74 Å². The van der Waals surface area contributed by atoms with E-state index in [2.05, 4.69) is 9.97 Å². The third-order valence-corrected chi connectivity index (χ3v) is 3.04. The normalized spacial score (nSPS) is 10.7. The van der Waals surface area contributed by atoms with Crippen LogP contribution < -0.4 is 10.5 Å². The van der Waals surface area contributed by atoms with Gasteiger partial charge in [0.25, 0.3) is 0 Å². The van der Waals surface area contributed by atoms with Crippen molar-refractivity contribution in [3.8, 4) is 5.75 Å². The van der Waals surface area contributed by atoms with E-state index in [1.54, 1.807) is 6.20 Å². The summed E-state index contributed by atoms with van der Waals surface area (Å²) in [5.74, 6) is 0.767. The molecule has 0 saturated heterocycles. The smallest absolute Gasteiger partial charge is 0.146 e. The van der Waals surface area contributed by atoms with Crippen molar-refractivity contribution in [3.05, 3.63) is 66.1 Å². The Kier molecular flexibility index (Phi) is 3.56.